The summed E-state index contributed by atoms with van der Waals surface area (Å²) in [5.74, 6) is 0.330. The van der Waals surface area contributed by atoms with Gasteiger partial charge < -0.3 is 20.5 Å². The molecule has 2 amide bonds. The van der Waals surface area contributed by atoms with Crippen LogP contribution in [0.25, 0.3) is 0 Å². The Kier molecular flexibility index (Phi) is 5.98. The summed E-state index contributed by atoms with van der Waals surface area (Å²) in [5, 5.41) is 15.8. The standard InChI is InChI=1S/C19H23FN2O3/c1-13-4-5-14(17(10-13)25-3)11-21-18(23)22-12-19(2,24)15-6-8-16(20)9-7-15/h4-10,24H,11-12H2,1-3H3,(H2,21,22,23). The van der Waals surface area contributed by atoms with Crippen molar-refractivity contribution in [2.24, 2.45) is 0 Å². The number of hydrogen-bond acceptors (Lipinski definition) is 3. The molecule has 1 unspecified atom stereocenters. The number of aliphatic hydroxyl groups is 1. The molecule has 0 bridgehead atoms. The van der Waals surface area contributed by atoms with Crippen molar-refractivity contribution in [3.05, 3.63) is 65.0 Å². The molecule has 0 radical (unpaired) electrons. The molecule has 0 saturated carbocycles. The number of amides is 2. The number of benzene rings is 2. The number of rotatable bonds is 6. The Hall–Kier alpha value is -2.60. The van der Waals surface area contributed by atoms with Gasteiger partial charge in [0.1, 0.15) is 17.2 Å². The number of hydrogen-bond donors (Lipinski definition) is 3. The predicted molar refractivity (Wildman–Crippen MR) is 93.9 cm³/mol. The van der Waals surface area contributed by atoms with E-state index in [1.165, 1.54) is 24.3 Å². The van der Waals surface area contributed by atoms with Gasteiger partial charge in [0.05, 0.1) is 13.7 Å². The number of ether oxygens (including phenoxy) is 1. The van der Waals surface area contributed by atoms with Crippen molar-refractivity contribution in [1.29, 1.82) is 0 Å². The maximum absolute atomic E-state index is 13.0. The number of carbonyl (C=O) groups is 1. The number of halogens is 1. The second-order valence-corrected chi connectivity index (χ2v) is 6.13. The van der Waals surface area contributed by atoms with Crippen LogP contribution in [0.4, 0.5) is 9.18 Å². The highest BCUT2D eigenvalue weighted by Gasteiger charge is 2.23. The third-order valence-electron chi connectivity index (χ3n) is 3.94. The molecular weight excluding hydrogens is 323 g/mol. The molecule has 0 saturated heterocycles. The van der Waals surface area contributed by atoms with Crippen molar-refractivity contribution < 1.29 is 19.0 Å². The van der Waals surface area contributed by atoms with Crippen molar-refractivity contribution in [1.82, 2.24) is 10.6 Å². The highest BCUT2D eigenvalue weighted by molar-refractivity contribution is 5.74. The first-order chi connectivity index (χ1) is 11.8. The van der Waals surface area contributed by atoms with Gasteiger partial charge in [-0.3, -0.25) is 0 Å². The van der Waals surface area contributed by atoms with Crippen LogP contribution in [0.15, 0.2) is 42.5 Å². The molecule has 2 aromatic rings. The first-order valence-corrected chi connectivity index (χ1v) is 7.95. The lowest BCUT2D eigenvalue weighted by atomic mass is 9.96. The average Bonchev–Trinajstić information content (AvgIpc) is 2.59. The molecule has 0 spiro atoms. The Labute approximate surface area is 146 Å². The van der Waals surface area contributed by atoms with Crippen LogP contribution in [0.5, 0.6) is 5.75 Å². The Bertz CT molecular complexity index is 730. The van der Waals surface area contributed by atoms with Gasteiger partial charge in [-0.2, -0.15) is 0 Å². The summed E-state index contributed by atoms with van der Waals surface area (Å²) in [6.45, 7) is 3.82. The highest BCUT2D eigenvalue weighted by Crippen LogP contribution is 2.21. The van der Waals surface area contributed by atoms with Crippen LogP contribution < -0.4 is 15.4 Å². The SMILES string of the molecule is COc1cc(C)ccc1CNC(=O)NCC(C)(O)c1ccc(F)cc1. The molecule has 0 aliphatic heterocycles. The second-order valence-electron chi connectivity index (χ2n) is 6.13. The van der Waals surface area contributed by atoms with Crippen LogP contribution >= 0.6 is 0 Å². The maximum atomic E-state index is 13.0. The van der Waals surface area contributed by atoms with E-state index in [1.54, 1.807) is 14.0 Å². The van der Waals surface area contributed by atoms with E-state index < -0.39 is 11.6 Å². The molecule has 0 fully saturated rings. The summed E-state index contributed by atoms with van der Waals surface area (Å²) in [6, 6.07) is 10.8. The lowest BCUT2D eigenvalue weighted by Crippen LogP contribution is -2.43. The minimum absolute atomic E-state index is 0.00447. The molecule has 3 N–H and O–H groups in total. The Balaban J connectivity index is 1.89. The summed E-state index contributed by atoms with van der Waals surface area (Å²) in [4.78, 5) is 12.0. The fraction of sp³-hybridized carbons (Fsp3) is 0.316. The molecule has 6 heteroatoms. The van der Waals surface area contributed by atoms with Gasteiger partial charge in [0.25, 0.3) is 0 Å². The van der Waals surface area contributed by atoms with Crippen molar-refractivity contribution in [2.75, 3.05) is 13.7 Å². The summed E-state index contributed by atoms with van der Waals surface area (Å²) in [7, 11) is 1.58. The third-order valence-corrected chi connectivity index (χ3v) is 3.94. The number of carbonyl (C=O) groups excluding carboxylic acids is 1. The molecule has 134 valence electrons. The zero-order chi connectivity index (χ0) is 18.4. The summed E-state index contributed by atoms with van der Waals surface area (Å²) in [6.07, 6.45) is 0. The van der Waals surface area contributed by atoms with Gasteiger partial charge in [-0.15, -0.1) is 0 Å². The Morgan fingerprint density at radius 2 is 1.88 bits per heavy atom. The van der Waals surface area contributed by atoms with E-state index in [9.17, 15) is 14.3 Å². The van der Waals surface area contributed by atoms with E-state index in [4.69, 9.17) is 4.74 Å². The monoisotopic (exact) mass is 346 g/mol. The van der Waals surface area contributed by atoms with Crippen LogP contribution in [0, 0.1) is 12.7 Å². The lowest BCUT2D eigenvalue weighted by Gasteiger charge is -2.24. The highest BCUT2D eigenvalue weighted by atomic mass is 19.1. The molecular formula is C19H23FN2O3. The van der Waals surface area contributed by atoms with Gasteiger partial charge in [-0.05, 0) is 43.2 Å². The second kappa shape index (κ2) is 7.98. The van der Waals surface area contributed by atoms with Gasteiger partial charge in [0.15, 0.2) is 0 Å². The molecule has 0 heterocycles. The molecule has 0 aliphatic carbocycles. The fourth-order valence-corrected chi connectivity index (χ4v) is 2.40. The molecule has 1 atom stereocenters. The summed E-state index contributed by atoms with van der Waals surface area (Å²) < 4.78 is 18.3. The van der Waals surface area contributed by atoms with Crippen molar-refractivity contribution in [3.63, 3.8) is 0 Å². The van der Waals surface area contributed by atoms with Crippen molar-refractivity contribution in [2.45, 2.75) is 26.0 Å². The van der Waals surface area contributed by atoms with Crippen LogP contribution in [0.3, 0.4) is 0 Å². The molecule has 25 heavy (non-hydrogen) atoms. The van der Waals surface area contributed by atoms with E-state index in [1.807, 2.05) is 25.1 Å². The zero-order valence-corrected chi connectivity index (χ0v) is 14.6. The molecule has 0 aromatic heterocycles. The summed E-state index contributed by atoms with van der Waals surface area (Å²) in [5.41, 5.74) is 1.15. The molecule has 5 nitrogen and oxygen atoms in total. The number of methoxy groups -OCH3 is 1. The van der Waals surface area contributed by atoms with Gasteiger partial charge in [-0.1, -0.05) is 24.3 Å². The average molecular weight is 346 g/mol. The van der Waals surface area contributed by atoms with E-state index >= 15 is 0 Å². The Morgan fingerprint density at radius 3 is 2.52 bits per heavy atom. The predicted octanol–water partition coefficient (Wildman–Crippen LogP) is 2.85. The van der Waals surface area contributed by atoms with E-state index in [2.05, 4.69) is 10.6 Å². The van der Waals surface area contributed by atoms with Gasteiger partial charge in [0.2, 0.25) is 0 Å². The topological polar surface area (TPSA) is 70.6 Å². The van der Waals surface area contributed by atoms with E-state index in [0.29, 0.717) is 17.9 Å². The van der Waals surface area contributed by atoms with E-state index in [0.717, 1.165) is 11.1 Å². The fourth-order valence-electron chi connectivity index (χ4n) is 2.40. The van der Waals surface area contributed by atoms with Gasteiger partial charge in [0, 0.05) is 12.1 Å². The van der Waals surface area contributed by atoms with Crippen LogP contribution in [-0.2, 0) is 12.1 Å². The van der Waals surface area contributed by atoms with Crippen LogP contribution in [-0.4, -0.2) is 24.8 Å². The quantitative estimate of drug-likeness (QED) is 0.753. The van der Waals surface area contributed by atoms with Crippen molar-refractivity contribution >= 4 is 6.03 Å². The molecule has 0 aliphatic rings. The molecule has 2 aromatic carbocycles. The van der Waals surface area contributed by atoms with Crippen LogP contribution in [0.1, 0.15) is 23.6 Å². The number of urea groups is 1. The minimum Gasteiger partial charge on any atom is -0.496 e. The Morgan fingerprint density at radius 1 is 1.20 bits per heavy atom. The third kappa shape index (κ3) is 5.19. The lowest BCUT2D eigenvalue weighted by molar-refractivity contribution is 0.0593. The smallest absolute Gasteiger partial charge is 0.315 e. The van der Waals surface area contributed by atoms with E-state index in [-0.39, 0.29) is 12.4 Å². The van der Waals surface area contributed by atoms with Gasteiger partial charge in [-0.25, -0.2) is 9.18 Å². The van der Waals surface area contributed by atoms with Crippen LogP contribution in [0.2, 0.25) is 0 Å². The molecule has 2 rings (SSSR count). The normalized spacial score (nSPS) is 13.0. The number of nitrogens with one attached hydrogen (secondary N) is 2. The first kappa shape index (κ1) is 18.7. The maximum Gasteiger partial charge on any atom is 0.315 e. The number of aryl methyl sites for hydroxylation is 1. The largest absolute Gasteiger partial charge is 0.496 e. The summed E-state index contributed by atoms with van der Waals surface area (Å²) >= 11 is 0. The minimum atomic E-state index is -1.30. The zero-order valence-electron chi connectivity index (χ0n) is 14.6. The van der Waals surface area contributed by atoms with Gasteiger partial charge >= 0.3 is 6.03 Å². The first-order valence-electron chi connectivity index (χ1n) is 7.95. The van der Waals surface area contributed by atoms with Crippen molar-refractivity contribution in [3.8, 4) is 5.75 Å².